The highest BCUT2D eigenvalue weighted by Gasteiger charge is 2.29. The van der Waals surface area contributed by atoms with Crippen molar-refractivity contribution in [2.24, 2.45) is 4.99 Å². The van der Waals surface area contributed by atoms with Gasteiger partial charge in [0.05, 0.1) is 28.7 Å². The van der Waals surface area contributed by atoms with Gasteiger partial charge in [-0.1, -0.05) is 6.08 Å². The van der Waals surface area contributed by atoms with E-state index >= 15 is 0 Å². The van der Waals surface area contributed by atoms with Crippen LogP contribution in [0.4, 0.5) is 0 Å². The van der Waals surface area contributed by atoms with Gasteiger partial charge in [-0.25, -0.2) is 9.98 Å². The molecule has 1 aliphatic heterocycles. The lowest BCUT2D eigenvalue weighted by Gasteiger charge is -2.17. The molecule has 0 bridgehead atoms. The molecule has 2 aromatic rings. The Hall–Kier alpha value is -3.20. The van der Waals surface area contributed by atoms with Crippen molar-refractivity contribution in [3.05, 3.63) is 58.7 Å². The fraction of sp³-hybridized carbons (Fsp3) is 0.333. The molecule has 6 heteroatoms. The second kappa shape index (κ2) is 6.84. The predicted molar refractivity (Wildman–Crippen MR) is 101 cm³/mol. The third kappa shape index (κ3) is 3.17. The summed E-state index contributed by atoms with van der Waals surface area (Å²) in [5.41, 5.74) is 5.07. The van der Waals surface area contributed by atoms with Crippen molar-refractivity contribution in [2.45, 2.75) is 45.8 Å². The van der Waals surface area contributed by atoms with Gasteiger partial charge in [-0.3, -0.25) is 9.36 Å². The van der Waals surface area contributed by atoms with E-state index in [9.17, 15) is 10.1 Å². The maximum absolute atomic E-state index is 11.7. The normalized spacial score (nSPS) is 18.3. The molecule has 1 aromatic carbocycles. The number of rotatable bonds is 2. The lowest BCUT2D eigenvalue weighted by atomic mass is 9.91. The average molecular weight is 360 g/mol. The topological polar surface area (TPSA) is 80.3 Å². The number of hydrogen-bond donors (Lipinski definition) is 0. The molecule has 2 aliphatic rings. The van der Waals surface area contributed by atoms with E-state index in [1.165, 1.54) is 6.92 Å². The van der Waals surface area contributed by atoms with Gasteiger partial charge in [0, 0.05) is 18.7 Å². The predicted octanol–water partition coefficient (Wildman–Crippen LogP) is 3.92. The van der Waals surface area contributed by atoms with Crippen LogP contribution >= 0.6 is 0 Å². The molecule has 0 N–H and O–H groups in total. The number of carbonyl (C=O) groups is 1. The third-order valence-corrected chi connectivity index (χ3v) is 4.83. The highest BCUT2D eigenvalue weighted by Crippen LogP contribution is 2.34. The van der Waals surface area contributed by atoms with Crippen LogP contribution in [0, 0.1) is 18.3 Å². The quantitative estimate of drug-likeness (QED) is 0.760. The molecule has 0 amide bonds. The van der Waals surface area contributed by atoms with Crippen LogP contribution in [0.3, 0.4) is 0 Å². The number of fused-ring (bicyclic) bond motifs is 3. The number of allylic oxidation sites excluding steroid dienone is 2. The Morgan fingerprint density at radius 2 is 2.22 bits per heavy atom. The lowest BCUT2D eigenvalue weighted by Crippen LogP contribution is -2.13. The first-order valence-corrected chi connectivity index (χ1v) is 9.12. The van der Waals surface area contributed by atoms with Crippen LogP contribution in [-0.4, -0.2) is 21.2 Å². The molecule has 1 aromatic heterocycles. The maximum atomic E-state index is 11.7. The maximum Gasteiger partial charge on any atom is 0.304 e. The van der Waals surface area contributed by atoms with Crippen molar-refractivity contribution in [3.8, 4) is 11.8 Å². The van der Waals surface area contributed by atoms with Gasteiger partial charge >= 0.3 is 5.97 Å². The van der Waals surface area contributed by atoms with Crippen molar-refractivity contribution >= 4 is 11.7 Å². The van der Waals surface area contributed by atoms with E-state index in [2.05, 4.69) is 17.1 Å². The molecule has 1 atom stereocenters. The van der Waals surface area contributed by atoms with Crippen molar-refractivity contribution in [3.63, 3.8) is 0 Å². The van der Waals surface area contributed by atoms with Gasteiger partial charge in [-0.2, -0.15) is 5.26 Å². The number of nitriles is 1. The number of carbonyl (C=O) groups excluding carboxylic acids is 1. The Bertz CT molecular complexity index is 1020. The first-order valence-electron chi connectivity index (χ1n) is 9.12. The van der Waals surface area contributed by atoms with Crippen LogP contribution in [0.5, 0.6) is 0 Å². The molecule has 1 aliphatic carbocycles. The third-order valence-electron chi connectivity index (χ3n) is 4.83. The first kappa shape index (κ1) is 17.2. The van der Waals surface area contributed by atoms with Gasteiger partial charge in [0.1, 0.15) is 0 Å². The molecule has 0 saturated heterocycles. The molecule has 0 fully saturated rings. The van der Waals surface area contributed by atoms with Crippen LogP contribution in [0.15, 0.2) is 41.0 Å². The summed E-state index contributed by atoms with van der Waals surface area (Å²) in [6.45, 7) is 3.27. The van der Waals surface area contributed by atoms with Gasteiger partial charge in [0.15, 0.2) is 5.82 Å². The van der Waals surface area contributed by atoms with Gasteiger partial charge in [0.25, 0.3) is 6.23 Å². The lowest BCUT2D eigenvalue weighted by molar-refractivity contribution is -0.146. The fourth-order valence-corrected chi connectivity index (χ4v) is 3.68. The monoisotopic (exact) mass is 360 g/mol. The van der Waals surface area contributed by atoms with Crippen LogP contribution in [-0.2, 0) is 9.53 Å². The molecule has 2 heterocycles. The van der Waals surface area contributed by atoms with Crippen LogP contribution < -0.4 is 0 Å². The highest BCUT2D eigenvalue weighted by atomic mass is 16.6. The van der Waals surface area contributed by atoms with Crippen molar-refractivity contribution < 1.29 is 9.53 Å². The van der Waals surface area contributed by atoms with Crippen LogP contribution in [0.1, 0.15) is 61.5 Å². The smallest absolute Gasteiger partial charge is 0.304 e. The molecule has 6 nitrogen and oxygen atoms in total. The van der Waals surface area contributed by atoms with E-state index in [1.54, 1.807) is 6.07 Å². The minimum Gasteiger partial charge on any atom is -0.432 e. The molecular weight excluding hydrogens is 340 g/mol. The number of benzene rings is 1. The first-order chi connectivity index (χ1) is 13.1. The second-order valence-corrected chi connectivity index (χ2v) is 6.87. The van der Waals surface area contributed by atoms with Crippen LogP contribution in [0.25, 0.3) is 5.69 Å². The SMILES string of the molecule is CC(=O)OC1N=C(C2=CCCCC2)c2cc(C#N)ccc2-n2cc(C)nc21. The summed E-state index contributed by atoms with van der Waals surface area (Å²) in [4.78, 5) is 21.1. The Labute approximate surface area is 157 Å². The molecular formula is C21H20N4O2. The Balaban J connectivity index is 1.99. The summed E-state index contributed by atoms with van der Waals surface area (Å²) < 4.78 is 7.43. The number of esters is 1. The van der Waals surface area contributed by atoms with E-state index in [0.29, 0.717) is 11.4 Å². The number of aromatic nitrogens is 2. The minimum absolute atomic E-state index is 0.406. The molecule has 0 spiro atoms. The van der Waals surface area contributed by atoms with E-state index in [4.69, 9.17) is 9.73 Å². The molecule has 0 saturated carbocycles. The highest BCUT2D eigenvalue weighted by molar-refractivity contribution is 6.15. The fourth-order valence-electron chi connectivity index (χ4n) is 3.68. The largest absolute Gasteiger partial charge is 0.432 e. The number of hydrogen-bond acceptors (Lipinski definition) is 5. The standard InChI is InChI=1S/C21H20N4O2/c1-13-12-25-18-9-8-15(11-22)10-17(18)19(16-6-4-3-5-7-16)24-21(20(25)23-13)27-14(2)26/h6,8-10,12,21H,3-5,7H2,1-2H3. The number of nitrogens with zero attached hydrogens (tertiary/aromatic N) is 4. The van der Waals surface area contributed by atoms with Gasteiger partial charge in [-0.05, 0) is 56.4 Å². The van der Waals surface area contributed by atoms with Crippen molar-refractivity contribution in [1.29, 1.82) is 5.26 Å². The zero-order valence-corrected chi connectivity index (χ0v) is 15.4. The van der Waals surface area contributed by atoms with Crippen molar-refractivity contribution in [1.82, 2.24) is 9.55 Å². The van der Waals surface area contributed by atoms with E-state index in [0.717, 1.165) is 53.9 Å². The summed E-state index contributed by atoms with van der Waals surface area (Å²) in [6.07, 6.45) is 7.48. The second-order valence-electron chi connectivity index (χ2n) is 6.87. The Morgan fingerprint density at radius 1 is 1.37 bits per heavy atom. The van der Waals surface area contributed by atoms with Crippen molar-refractivity contribution in [2.75, 3.05) is 0 Å². The summed E-state index contributed by atoms with van der Waals surface area (Å²) in [5, 5.41) is 9.38. The molecule has 0 radical (unpaired) electrons. The molecule has 1 unspecified atom stereocenters. The van der Waals surface area contributed by atoms with Crippen LogP contribution in [0.2, 0.25) is 0 Å². The zero-order valence-electron chi connectivity index (χ0n) is 15.4. The Morgan fingerprint density at radius 3 is 2.93 bits per heavy atom. The average Bonchev–Trinajstić information content (AvgIpc) is 3.01. The number of aliphatic imine (C=N–C) groups is 1. The number of ether oxygens (including phenoxy) is 1. The van der Waals surface area contributed by atoms with E-state index < -0.39 is 12.2 Å². The van der Waals surface area contributed by atoms with Gasteiger partial charge in [-0.15, -0.1) is 0 Å². The molecule has 4 rings (SSSR count). The minimum atomic E-state index is -0.813. The molecule has 136 valence electrons. The molecule has 27 heavy (non-hydrogen) atoms. The van der Waals surface area contributed by atoms with Gasteiger partial charge < -0.3 is 4.74 Å². The van der Waals surface area contributed by atoms with E-state index in [1.807, 2.05) is 29.8 Å². The van der Waals surface area contributed by atoms with E-state index in [-0.39, 0.29) is 0 Å². The summed E-state index contributed by atoms with van der Waals surface area (Å²) in [6, 6.07) is 7.77. The number of aryl methyl sites for hydroxylation is 1. The number of imidazole rings is 1. The summed E-state index contributed by atoms with van der Waals surface area (Å²) >= 11 is 0. The summed E-state index contributed by atoms with van der Waals surface area (Å²) in [7, 11) is 0. The summed E-state index contributed by atoms with van der Waals surface area (Å²) in [5.74, 6) is 0.164. The van der Waals surface area contributed by atoms with Gasteiger partial charge in [0.2, 0.25) is 0 Å². The zero-order chi connectivity index (χ0) is 19.0. The Kier molecular flexibility index (Phi) is 4.36.